The molecule has 0 amide bonds. The summed E-state index contributed by atoms with van der Waals surface area (Å²) in [6, 6.07) is 6.79. The van der Waals surface area contributed by atoms with Gasteiger partial charge in [-0.2, -0.15) is 8.42 Å². The number of rotatable bonds is 4. The second-order valence-electron chi connectivity index (χ2n) is 2.67. The van der Waals surface area contributed by atoms with Crippen LogP contribution in [0.1, 0.15) is 0 Å². The normalized spacial score (nSPS) is 9.72. The lowest BCUT2D eigenvalue weighted by molar-refractivity contribution is -0.538. The molecule has 10 nitrogen and oxygen atoms in total. The van der Waals surface area contributed by atoms with E-state index in [0.29, 0.717) is 11.4 Å². The van der Waals surface area contributed by atoms with E-state index in [4.69, 9.17) is 22.3 Å². The second kappa shape index (κ2) is 7.26. The molecule has 0 saturated heterocycles. The summed E-state index contributed by atoms with van der Waals surface area (Å²) in [7, 11) is -3.14. The van der Waals surface area contributed by atoms with Crippen molar-refractivity contribution in [1.29, 1.82) is 0 Å². The van der Waals surface area contributed by atoms with Crippen LogP contribution < -0.4 is 15.7 Å². The topological polar surface area (TPSA) is 151 Å². The molecule has 18 heavy (non-hydrogen) atoms. The first-order valence-electron chi connectivity index (χ1n) is 4.22. The number of ether oxygens (including phenoxy) is 1. The fourth-order valence-corrected chi connectivity index (χ4v) is 0.811. The first kappa shape index (κ1) is 15.9. The Morgan fingerprint density at radius 3 is 2.39 bits per heavy atom. The molecule has 4 N–H and O–H groups in total. The highest BCUT2D eigenvalue weighted by Crippen LogP contribution is 2.15. The van der Waals surface area contributed by atoms with Crippen LogP contribution in [0.3, 0.4) is 0 Å². The Bertz CT molecular complexity index is 482. The van der Waals surface area contributed by atoms with Crippen LogP contribution in [0, 0.1) is 10.1 Å². The van der Waals surface area contributed by atoms with Crippen LogP contribution in [0.15, 0.2) is 24.3 Å². The van der Waals surface area contributed by atoms with Gasteiger partial charge in [0.25, 0.3) is 0 Å². The van der Waals surface area contributed by atoms with E-state index in [1.807, 2.05) is 5.53 Å². The average Bonchev–Trinajstić information content (AvgIpc) is 2.24. The lowest BCUT2D eigenvalue weighted by Gasteiger charge is -2.03. The fourth-order valence-electron chi connectivity index (χ4n) is 0.811. The molecular formula is C7H11N3O7S. The third-order valence-electron chi connectivity index (χ3n) is 1.36. The minimum absolute atomic E-state index is 0.566. The van der Waals surface area contributed by atoms with Crippen molar-refractivity contribution in [2.75, 3.05) is 12.5 Å². The Kier molecular flexibility index (Phi) is 6.41. The first-order valence-corrected chi connectivity index (χ1v) is 5.62. The zero-order valence-corrected chi connectivity index (χ0v) is 9.92. The molecular weight excluding hydrogens is 270 g/mol. The SMILES string of the molecule is COc1cccc(NN[N+](=O)[O-])c1.O=S(=O)(O)O. The molecule has 1 rings (SSSR count). The van der Waals surface area contributed by atoms with Crippen molar-refractivity contribution in [1.82, 2.24) is 5.53 Å². The van der Waals surface area contributed by atoms with Crippen LogP contribution in [-0.4, -0.2) is 29.7 Å². The predicted molar refractivity (Wildman–Crippen MR) is 60.9 cm³/mol. The number of benzene rings is 1. The summed E-state index contributed by atoms with van der Waals surface area (Å²) in [6.45, 7) is 0. The Labute approximate surface area is 102 Å². The molecule has 0 spiro atoms. The summed E-state index contributed by atoms with van der Waals surface area (Å²) in [6.07, 6.45) is 0. The highest BCUT2D eigenvalue weighted by Gasteiger charge is 1.96. The average molecular weight is 281 g/mol. The minimum atomic E-state index is -4.67. The fraction of sp³-hybridized carbons (Fsp3) is 0.143. The van der Waals surface area contributed by atoms with Crippen molar-refractivity contribution in [3.05, 3.63) is 34.4 Å². The molecule has 0 fully saturated rings. The highest BCUT2D eigenvalue weighted by molar-refractivity contribution is 7.79. The van der Waals surface area contributed by atoms with E-state index < -0.39 is 15.4 Å². The van der Waals surface area contributed by atoms with Crippen LogP contribution in [-0.2, 0) is 10.4 Å². The maximum atomic E-state index is 9.93. The van der Waals surface area contributed by atoms with E-state index in [9.17, 15) is 10.1 Å². The predicted octanol–water partition coefficient (Wildman–Crippen LogP) is 0.151. The standard InChI is InChI=1S/C7H9N3O3.H2O4S/c1-13-7-4-2-3-6(5-7)8-9-10(11)12;1-5(2,3)4/h2-5,8-9H,1H3;(H2,1,2,3,4). The number of nitrogens with one attached hydrogen (secondary N) is 2. The van der Waals surface area contributed by atoms with Crippen molar-refractivity contribution in [3.63, 3.8) is 0 Å². The van der Waals surface area contributed by atoms with Crippen LogP contribution in [0.2, 0.25) is 0 Å². The molecule has 0 aliphatic carbocycles. The Morgan fingerprint density at radius 1 is 1.39 bits per heavy atom. The molecule has 0 bridgehead atoms. The van der Waals surface area contributed by atoms with Gasteiger partial charge in [-0.05, 0) is 17.7 Å². The van der Waals surface area contributed by atoms with Crippen molar-refractivity contribution < 1.29 is 27.3 Å². The number of anilines is 1. The van der Waals surface area contributed by atoms with Crippen molar-refractivity contribution in [3.8, 4) is 5.75 Å². The van der Waals surface area contributed by atoms with Gasteiger partial charge in [0.15, 0.2) is 5.03 Å². The lowest BCUT2D eigenvalue weighted by atomic mass is 10.3. The Morgan fingerprint density at radius 2 is 1.94 bits per heavy atom. The van der Waals surface area contributed by atoms with Crippen LogP contribution in [0.25, 0.3) is 0 Å². The van der Waals surface area contributed by atoms with E-state index in [1.165, 1.54) is 7.11 Å². The summed E-state index contributed by atoms with van der Waals surface area (Å²) in [5.74, 6) is 0.634. The zero-order chi connectivity index (χ0) is 14.2. The van der Waals surface area contributed by atoms with E-state index in [0.717, 1.165) is 0 Å². The summed E-state index contributed by atoms with van der Waals surface area (Å²) in [5.41, 5.74) is 4.79. The van der Waals surface area contributed by atoms with Crippen LogP contribution in [0.5, 0.6) is 5.75 Å². The van der Waals surface area contributed by atoms with Crippen LogP contribution in [0.4, 0.5) is 5.69 Å². The summed E-state index contributed by atoms with van der Waals surface area (Å²) < 4.78 is 36.5. The largest absolute Gasteiger partial charge is 0.497 e. The summed E-state index contributed by atoms with van der Waals surface area (Å²) in [5, 5.41) is 9.25. The smallest absolute Gasteiger partial charge is 0.394 e. The number of methoxy groups -OCH3 is 1. The molecule has 0 saturated carbocycles. The second-order valence-corrected chi connectivity index (χ2v) is 3.57. The van der Waals surface area contributed by atoms with Gasteiger partial charge < -0.3 is 4.74 Å². The summed E-state index contributed by atoms with van der Waals surface area (Å²) >= 11 is 0. The van der Waals surface area contributed by atoms with Gasteiger partial charge in [-0.3, -0.25) is 9.11 Å². The Hall–Kier alpha value is -2.11. The third kappa shape index (κ3) is 10.4. The number of hydrogen-bond acceptors (Lipinski definition) is 6. The molecule has 0 heterocycles. The molecule has 1 aromatic carbocycles. The van der Waals surface area contributed by atoms with Crippen molar-refractivity contribution >= 4 is 16.1 Å². The zero-order valence-electron chi connectivity index (χ0n) is 9.10. The molecule has 1 aromatic rings. The molecule has 0 aliphatic heterocycles. The highest BCUT2D eigenvalue weighted by atomic mass is 32.3. The minimum Gasteiger partial charge on any atom is -0.497 e. The molecule has 102 valence electrons. The van der Waals surface area contributed by atoms with Gasteiger partial charge in [-0.25, -0.2) is 15.5 Å². The number of hydrogen-bond donors (Lipinski definition) is 4. The molecule has 11 heteroatoms. The maximum Gasteiger partial charge on any atom is 0.394 e. The number of hydrazine groups is 2. The molecule has 0 atom stereocenters. The van der Waals surface area contributed by atoms with Gasteiger partial charge >= 0.3 is 10.4 Å². The molecule has 0 aliphatic rings. The monoisotopic (exact) mass is 281 g/mol. The van der Waals surface area contributed by atoms with Gasteiger partial charge in [0.05, 0.1) is 12.8 Å². The third-order valence-corrected chi connectivity index (χ3v) is 1.36. The maximum absolute atomic E-state index is 9.93. The van der Waals surface area contributed by atoms with E-state index in [1.54, 1.807) is 24.3 Å². The van der Waals surface area contributed by atoms with Gasteiger partial charge in [-0.1, -0.05) is 6.07 Å². The van der Waals surface area contributed by atoms with Gasteiger partial charge in [0.1, 0.15) is 5.75 Å². The van der Waals surface area contributed by atoms with Gasteiger partial charge in [0.2, 0.25) is 0 Å². The van der Waals surface area contributed by atoms with E-state index in [2.05, 4.69) is 5.43 Å². The first-order chi connectivity index (χ1) is 8.22. The molecule has 0 radical (unpaired) electrons. The van der Waals surface area contributed by atoms with Gasteiger partial charge in [0, 0.05) is 6.07 Å². The van der Waals surface area contributed by atoms with Crippen LogP contribution >= 0.6 is 0 Å². The molecule has 0 unspecified atom stereocenters. The molecule has 0 aromatic heterocycles. The quantitative estimate of drug-likeness (QED) is 0.343. The van der Waals surface area contributed by atoms with E-state index >= 15 is 0 Å². The number of nitro groups is 1. The summed E-state index contributed by atoms with van der Waals surface area (Å²) in [4.78, 5) is 9.93. The van der Waals surface area contributed by atoms with Crippen molar-refractivity contribution in [2.24, 2.45) is 0 Å². The van der Waals surface area contributed by atoms with Gasteiger partial charge in [-0.15, -0.1) is 0 Å². The van der Waals surface area contributed by atoms with Crippen molar-refractivity contribution in [2.45, 2.75) is 0 Å². The van der Waals surface area contributed by atoms with E-state index in [-0.39, 0.29) is 0 Å². The lowest BCUT2D eigenvalue weighted by Crippen LogP contribution is -2.27. The number of nitrogens with zero attached hydrogens (tertiary/aromatic N) is 1. The Balaban J connectivity index is 0.000000494.